The van der Waals surface area contributed by atoms with E-state index in [1.54, 1.807) is 37.4 Å². The zero-order valence-corrected chi connectivity index (χ0v) is 19.0. The van der Waals surface area contributed by atoms with E-state index in [-0.39, 0.29) is 6.54 Å². The summed E-state index contributed by atoms with van der Waals surface area (Å²) in [4.78, 5) is 13.7. The van der Waals surface area contributed by atoms with Gasteiger partial charge in [-0.15, -0.1) is 11.3 Å². The van der Waals surface area contributed by atoms with Gasteiger partial charge in [-0.3, -0.25) is 13.8 Å². The molecule has 0 aliphatic rings. The van der Waals surface area contributed by atoms with Gasteiger partial charge in [-0.2, -0.15) is 0 Å². The number of carbonyl (C=O) groups excluding carboxylic acids is 1. The van der Waals surface area contributed by atoms with Crippen molar-refractivity contribution < 1.29 is 18.3 Å². The highest BCUT2D eigenvalue weighted by molar-refractivity contribution is 7.80. The number of benzene rings is 2. The topological polar surface area (TPSA) is 70.1 Å². The molecule has 0 aliphatic heterocycles. The van der Waals surface area contributed by atoms with Crippen molar-refractivity contribution in [2.75, 3.05) is 22.8 Å². The minimum atomic E-state index is -2.24. The van der Waals surface area contributed by atoms with Crippen LogP contribution in [0.4, 0.5) is 16.2 Å². The largest absolute Gasteiger partial charge is 0.419 e. The van der Waals surface area contributed by atoms with Gasteiger partial charge in [-0.1, -0.05) is 53.5 Å². The van der Waals surface area contributed by atoms with Gasteiger partial charge in [0.05, 0.1) is 10.0 Å². The van der Waals surface area contributed by atoms with Crippen molar-refractivity contribution in [3.63, 3.8) is 0 Å². The first-order valence-corrected chi connectivity index (χ1v) is 11.4. The Labute approximate surface area is 191 Å². The van der Waals surface area contributed by atoms with Gasteiger partial charge in [0.15, 0.2) is 0 Å². The number of hydrogen-bond acceptors (Lipinski definition) is 4. The number of carbonyl (C=O) groups is 1. The minimum Gasteiger partial charge on any atom is -0.410 e. The fraction of sp³-hybridized carbons (Fsp3) is 0.150. The van der Waals surface area contributed by atoms with E-state index in [4.69, 9.17) is 27.9 Å². The molecule has 3 aromatic rings. The molecule has 158 valence electrons. The molecule has 0 saturated carbocycles. The Hall–Kier alpha value is -2.10. The van der Waals surface area contributed by atoms with Crippen LogP contribution in [0.3, 0.4) is 0 Å². The molecular formula is C20H18Cl2N2O4S2. The lowest BCUT2D eigenvalue weighted by Crippen LogP contribution is -2.29. The maximum atomic E-state index is 12.3. The summed E-state index contributed by atoms with van der Waals surface area (Å²) in [5.74, 6) is 0.404. The second-order valence-corrected chi connectivity index (χ2v) is 9.39. The number of nitrogens with zero attached hydrogens (tertiary/aromatic N) is 2. The maximum Gasteiger partial charge on any atom is 0.419 e. The second-order valence-electron chi connectivity index (χ2n) is 6.20. The van der Waals surface area contributed by atoms with Crippen LogP contribution in [-0.4, -0.2) is 28.4 Å². The lowest BCUT2D eigenvalue weighted by atomic mass is 10.1. The third kappa shape index (κ3) is 5.74. The van der Waals surface area contributed by atoms with E-state index >= 15 is 0 Å². The molecule has 1 amide bonds. The number of anilines is 2. The standard InChI is InChI=1S/C20H18Cl2N2O4S2/c1-23(15-5-3-2-4-6-15)20(25)28-16-9-7-14(8-10-16)11-12-24(30(26)27)17-13-18(21)29-19(17)22/h2-10,13H,11-12H2,1H3,(H,26,27). The summed E-state index contributed by atoms with van der Waals surface area (Å²) < 4.78 is 28.8. The predicted octanol–water partition coefficient (Wildman–Crippen LogP) is 5.88. The first-order valence-electron chi connectivity index (χ1n) is 8.78. The number of hydrogen-bond donors (Lipinski definition) is 1. The van der Waals surface area contributed by atoms with Crippen LogP contribution in [0.15, 0.2) is 60.7 Å². The average molecular weight is 485 g/mol. The van der Waals surface area contributed by atoms with Crippen LogP contribution in [0.1, 0.15) is 5.56 Å². The number of rotatable bonds is 7. The minimum absolute atomic E-state index is 0.256. The lowest BCUT2D eigenvalue weighted by molar-refractivity contribution is 0.209. The van der Waals surface area contributed by atoms with E-state index in [0.29, 0.717) is 26.5 Å². The second kappa shape index (κ2) is 10.3. The van der Waals surface area contributed by atoms with E-state index in [0.717, 1.165) is 22.6 Å². The van der Waals surface area contributed by atoms with E-state index in [1.807, 2.05) is 30.3 Å². The fourth-order valence-electron chi connectivity index (χ4n) is 2.67. The van der Waals surface area contributed by atoms with Gasteiger partial charge in [0.2, 0.25) is 0 Å². The number of thiophene rings is 1. The monoisotopic (exact) mass is 484 g/mol. The highest BCUT2D eigenvalue weighted by atomic mass is 35.5. The highest BCUT2D eigenvalue weighted by Crippen LogP contribution is 2.38. The molecule has 0 spiro atoms. The third-order valence-electron chi connectivity index (χ3n) is 4.25. The van der Waals surface area contributed by atoms with Crippen LogP contribution in [0.5, 0.6) is 5.75 Å². The molecule has 2 aromatic carbocycles. The Morgan fingerprint density at radius 2 is 1.80 bits per heavy atom. The Morgan fingerprint density at radius 3 is 2.37 bits per heavy atom. The molecule has 0 fully saturated rings. The maximum absolute atomic E-state index is 12.3. The highest BCUT2D eigenvalue weighted by Gasteiger charge is 2.19. The molecule has 0 radical (unpaired) electrons. The van der Waals surface area contributed by atoms with E-state index in [9.17, 15) is 13.6 Å². The molecule has 0 aliphatic carbocycles. The van der Waals surface area contributed by atoms with Crippen LogP contribution < -0.4 is 13.9 Å². The summed E-state index contributed by atoms with van der Waals surface area (Å²) in [6, 6.07) is 17.7. The van der Waals surface area contributed by atoms with Gasteiger partial charge in [-0.05, 0) is 42.3 Å². The molecule has 0 bridgehead atoms. The van der Waals surface area contributed by atoms with Crippen molar-refractivity contribution in [1.82, 2.24) is 0 Å². The van der Waals surface area contributed by atoms with Gasteiger partial charge >= 0.3 is 6.09 Å². The molecule has 1 unspecified atom stereocenters. The zero-order chi connectivity index (χ0) is 21.7. The van der Waals surface area contributed by atoms with Crippen LogP contribution >= 0.6 is 34.5 Å². The summed E-state index contributed by atoms with van der Waals surface area (Å²) in [7, 11) is 1.64. The summed E-state index contributed by atoms with van der Waals surface area (Å²) in [6.07, 6.45) is -0.0198. The Bertz CT molecular complexity index is 1030. The predicted molar refractivity (Wildman–Crippen MR) is 123 cm³/mol. The quantitative estimate of drug-likeness (QED) is 0.425. The Balaban J connectivity index is 1.60. The number of halogens is 2. The third-order valence-corrected chi connectivity index (χ3v) is 6.47. The lowest BCUT2D eigenvalue weighted by Gasteiger charge is -2.19. The summed E-state index contributed by atoms with van der Waals surface area (Å²) in [5, 5.41) is 0. The van der Waals surface area contributed by atoms with Crippen molar-refractivity contribution >= 4 is 63.3 Å². The Morgan fingerprint density at radius 1 is 1.13 bits per heavy atom. The summed E-state index contributed by atoms with van der Waals surface area (Å²) in [5.41, 5.74) is 2.05. The molecule has 0 saturated heterocycles. The van der Waals surface area contributed by atoms with Crippen molar-refractivity contribution in [1.29, 1.82) is 0 Å². The number of para-hydroxylation sites is 1. The number of amides is 1. The van der Waals surface area contributed by atoms with Crippen molar-refractivity contribution in [2.45, 2.75) is 6.42 Å². The SMILES string of the molecule is CN(C(=O)Oc1ccc(CCN(c2cc(Cl)sc2Cl)S(=O)O)cc1)c1ccccc1. The molecule has 1 aromatic heterocycles. The van der Waals surface area contributed by atoms with Gasteiger partial charge in [0.25, 0.3) is 11.3 Å². The average Bonchev–Trinajstić information content (AvgIpc) is 3.07. The van der Waals surface area contributed by atoms with Crippen LogP contribution in [0.25, 0.3) is 0 Å². The first kappa shape index (κ1) is 22.6. The van der Waals surface area contributed by atoms with E-state index in [2.05, 4.69) is 0 Å². The molecule has 10 heteroatoms. The fourth-order valence-corrected chi connectivity index (χ4v) is 4.81. The van der Waals surface area contributed by atoms with Crippen LogP contribution in [-0.2, 0) is 17.7 Å². The molecular weight excluding hydrogens is 467 g/mol. The first-order chi connectivity index (χ1) is 14.3. The summed E-state index contributed by atoms with van der Waals surface area (Å²) >= 11 is 10.9. The molecule has 1 atom stereocenters. The normalized spacial score (nSPS) is 11.7. The Kier molecular flexibility index (Phi) is 7.74. The van der Waals surface area contributed by atoms with E-state index in [1.165, 1.54) is 9.21 Å². The molecule has 3 rings (SSSR count). The van der Waals surface area contributed by atoms with Crippen LogP contribution in [0.2, 0.25) is 8.67 Å². The van der Waals surface area contributed by atoms with Gasteiger partial charge in [0, 0.05) is 19.3 Å². The van der Waals surface area contributed by atoms with Crippen molar-refractivity contribution in [2.24, 2.45) is 0 Å². The van der Waals surface area contributed by atoms with Crippen molar-refractivity contribution in [3.8, 4) is 5.75 Å². The zero-order valence-electron chi connectivity index (χ0n) is 15.8. The van der Waals surface area contributed by atoms with Gasteiger partial charge in [-0.25, -0.2) is 9.00 Å². The molecule has 1 heterocycles. The number of ether oxygens (including phenoxy) is 1. The van der Waals surface area contributed by atoms with Gasteiger partial charge < -0.3 is 4.74 Å². The molecule has 6 nitrogen and oxygen atoms in total. The molecule has 1 N–H and O–H groups in total. The van der Waals surface area contributed by atoms with Gasteiger partial charge in [0.1, 0.15) is 10.1 Å². The van der Waals surface area contributed by atoms with Crippen molar-refractivity contribution in [3.05, 3.63) is 74.9 Å². The summed E-state index contributed by atoms with van der Waals surface area (Å²) in [6.45, 7) is 0.256. The van der Waals surface area contributed by atoms with Crippen LogP contribution in [0, 0.1) is 0 Å². The molecule has 30 heavy (non-hydrogen) atoms. The smallest absolute Gasteiger partial charge is 0.410 e. The van der Waals surface area contributed by atoms with E-state index < -0.39 is 17.4 Å².